The number of fused-ring (bicyclic) bond motifs is 1. The highest BCUT2D eigenvalue weighted by Gasteiger charge is 2.10. The zero-order valence-corrected chi connectivity index (χ0v) is 8.77. The van der Waals surface area contributed by atoms with Crippen LogP contribution in [0.3, 0.4) is 0 Å². The van der Waals surface area contributed by atoms with Crippen LogP contribution in [-0.2, 0) is 0 Å². The lowest BCUT2D eigenvalue weighted by Crippen LogP contribution is -1.70. The highest BCUT2D eigenvalue weighted by Crippen LogP contribution is 2.33. The van der Waals surface area contributed by atoms with E-state index in [0.717, 1.165) is 4.88 Å². The van der Waals surface area contributed by atoms with Crippen molar-refractivity contribution in [3.05, 3.63) is 35.5 Å². The van der Waals surface area contributed by atoms with E-state index in [4.69, 9.17) is 4.42 Å². The first-order valence-electron chi connectivity index (χ1n) is 4.51. The Labute approximate surface area is 93.7 Å². The molecule has 0 aliphatic carbocycles. The summed E-state index contributed by atoms with van der Waals surface area (Å²) in [6.45, 7) is 0. The van der Waals surface area contributed by atoms with E-state index in [1.807, 2.05) is 0 Å². The minimum Gasteiger partial charge on any atom is -0.435 e. The van der Waals surface area contributed by atoms with E-state index in [1.165, 1.54) is 11.3 Å². The van der Waals surface area contributed by atoms with Crippen LogP contribution in [0.25, 0.3) is 21.9 Å². The van der Waals surface area contributed by atoms with Crippen LogP contribution in [0.1, 0.15) is 0 Å². The van der Waals surface area contributed by atoms with Gasteiger partial charge >= 0.3 is 0 Å². The van der Waals surface area contributed by atoms with E-state index in [2.05, 4.69) is 15.1 Å². The maximum atomic E-state index is 10.3. The largest absolute Gasteiger partial charge is 0.435 e. The van der Waals surface area contributed by atoms with Crippen LogP contribution in [0.5, 0.6) is 0 Å². The Kier molecular flexibility index (Phi) is 2.00. The Bertz CT molecular complexity index is 626. The topological polar surface area (TPSA) is 68.3 Å². The normalized spacial score (nSPS) is 10.8. The van der Waals surface area contributed by atoms with E-state index in [1.54, 1.807) is 30.6 Å². The first-order valence-corrected chi connectivity index (χ1v) is 5.32. The van der Waals surface area contributed by atoms with Crippen LogP contribution < -0.4 is 0 Å². The maximum absolute atomic E-state index is 10.3. The average molecular weight is 231 g/mol. The second-order valence-corrected chi connectivity index (χ2v) is 4.15. The highest BCUT2D eigenvalue weighted by molar-refractivity contribution is 7.19. The molecule has 0 bridgehead atoms. The van der Waals surface area contributed by atoms with E-state index in [0.29, 0.717) is 22.0 Å². The minimum absolute atomic E-state index is 0.412. The van der Waals surface area contributed by atoms with Crippen LogP contribution in [0, 0.1) is 4.91 Å². The molecule has 5 nitrogen and oxygen atoms in total. The summed E-state index contributed by atoms with van der Waals surface area (Å²) >= 11 is 1.25. The number of aromatic nitrogens is 2. The Morgan fingerprint density at radius 2 is 2.25 bits per heavy atom. The smallest absolute Gasteiger partial charge is 0.237 e. The number of oxazole rings is 1. The van der Waals surface area contributed by atoms with Gasteiger partial charge in [-0.2, -0.15) is 0 Å². The molecular weight excluding hydrogens is 226 g/mol. The Morgan fingerprint density at radius 1 is 1.31 bits per heavy atom. The zero-order valence-electron chi connectivity index (χ0n) is 7.95. The van der Waals surface area contributed by atoms with Gasteiger partial charge in [-0.05, 0) is 17.3 Å². The number of hydrogen-bond donors (Lipinski definition) is 0. The molecular formula is C10H5N3O2S. The van der Waals surface area contributed by atoms with Gasteiger partial charge in [0.1, 0.15) is 5.52 Å². The molecule has 0 spiro atoms. The zero-order chi connectivity index (χ0) is 11.0. The SMILES string of the molecule is O=Nc1ccc(-c2nc3cnccc3o2)s1. The van der Waals surface area contributed by atoms with E-state index in [9.17, 15) is 4.91 Å². The van der Waals surface area contributed by atoms with Crippen molar-refractivity contribution in [2.24, 2.45) is 5.18 Å². The van der Waals surface area contributed by atoms with Crippen LogP contribution in [0.15, 0.2) is 40.2 Å². The molecule has 0 radical (unpaired) electrons. The molecule has 16 heavy (non-hydrogen) atoms. The molecule has 0 aliphatic rings. The fourth-order valence-electron chi connectivity index (χ4n) is 1.38. The Morgan fingerprint density at radius 3 is 3.00 bits per heavy atom. The minimum atomic E-state index is 0.412. The van der Waals surface area contributed by atoms with Gasteiger partial charge in [-0.25, -0.2) is 4.98 Å². The Hall–Kier alpha value is -2.08. The summed E-state index contributed by atoms with van der Waals surface area (Å²) in [7, 11) is 0. The van der Waals surface area contributed by atoms with Crippen molar-refractivity contribution < 1.29 is 4.42 Å². The maximum Gasteiger partial charge on any atom is 0.237 e. The lowest BCUT2D eigenvalue weighted by molar-refractivity contribution is 0.621. The van der Waals surface area contributed by atoms with Gasteiger partial charge < -0.3 is 4.42 Å². The third-order valence-corrected chi connectivity index (χ3v) is 3.03. The first kappa shape index (κ1) is 9.17. The lowest BCUT2D eigenvalue weighted by Gasteiger charge is -1.84. The van der Waals surface area contributed by atoms with Crippen LogP contribution >= 0.6 is 11.3 Å². The first-order chi connectivity index (χ1) is 7.86. The molecule has 0 unspecified atom stereocenters. The van der Waals surface area contributed by atoms with Crippen LogP contribution in [-0.4, -0.2) is 9.97 Å². The van der Waals surface area contributed by atoms with Crippen molar-refractivity contribution in [2.45, 2.75) is 0 Å². The fourth-order valence-corrected chi connectivity index (χ4v) is 2.09. The van der Waals surface area contributed by atoms with Crippen LogP contribution in [0.2, 0.25) is 0 Å². The number of pyridine rings is 1. The van der Waals surface area contributed by atoms with E-state index < -0.39 is 0 Å². The molecule has 0 fully saturated rings. The summed E-state index contributed by atoms with van der Waals surface area (Å²) < 4.78 is 5.53. The molecule has 0 atom stereocenters. The summed E-state index contributed by atoms with van der Waals surface area (Å²) in [5, 5.41) is 3.27. The van der Waals surface area contributed by atoms with Crippen molar-refractivity contribution in [1.82, 2.24) is 9.97 Å². The monoisotopic (exact) mass is 231 g/mol. The van der Waals surface area contributed by atoms with Gasteiger partial charge in [0.25, 0.3) is 0 Å². The molecule has 0 N–H and O–H groups in total. The summed E-state index contributed by atoms with van der Waals surface area (Å²) in [5.74, 6) is 0.489. The number of thiophene rings is 1. The summed E-state index contributed by atoms with van der Waals surface area (Å²) in [6.07, 6.45) is 3.28. The van der Waals surface area contributed by atoms with Gasteiger partial charge in [0.15, 0.2) is 10.6 Å². The molecule has 0 aromatic carbocycles. The lowest BCUT2D eigenvalue weighted by atomic mass is 10.4. The molecule has 3 aromatic heterocycles. The van der Waals surface area contributed by atoms with Crippen molar-refractivity contribution in [1.29, 1.82) is 0 Å². The van der Waals surface area contributed by atoms with Gasteiger partial charge in [0, 0.05) is 12.3 Å². The quantitative estimate of drug-likeness (QED) is 0.634. The van der Waals surface area contributed by atoms with E-state index >= 15 is 0 Å². The summed E-state index contributed by atoms with van der Waals surface area (Å²) in [4.78, 5) is 19.3. The second kappa shape index (κ2) is 3.49. The molecule has 0 saturated carbocycles. The summed E-state index contributed by atoms with van der Waals surface area (Å²) in [6, 6.07) is 5.15. The highest BCUT2D eigenvalue weighted by atomic mass is 32.1. The number of nitrogens with zero attached hydrogens (tertiary/aromatic N) is 3. The molecule has 3 heterocycles. The predicted octanol–water partition coefficient (Wildman–Crippen LogP) is 3.35. The van der Waals surface area contributed by atoms with Crippen LogP contribution in [0.4, 0.5) is 5.00 Å². The fraction of sp³-hybridized carbons (Fsp3) is 0. The van der Waals surface area contributed by atoms with Gasteiger partial charge in [-0.3, -0.25) is 4.98 Å². The molecule has 0 aliphatic heterocycles. The average Bonchev–Trinajstić information content (AvgIpc) is 2.95. The second-order valence-electron chi connectivity index (χ2n) is 3.09. The third kappa shape index (κ3) is 1.40. The molecule has 3 rings (SSSR count). The van der Waals surface area contributed by atoms with E-state index in [-0.39, 0.29) is 0 Å². The number of rotatable bonds is 2. The van der Waals surface area contributed by atoms with Crippen molar-refractivity contribution in [3.63, 3.8) is 0 Å². The molecule has 0 amide bonds. The Balaban J connectivity index is 2.14. The van der Waals surface area contributed by atoms with Gasteiger partial charge in [0.05, 0.1) is 11.1 Å². The van der Waals surface area contributed by atoms with Gasteiger partial charge in [0.2, 0.25) is 5.89 Å². The molecule has 0 saturated heterocycles. The van der Waals surface area contributed by atoms with Crippen molar-refractivity contribution >= 4 is 27.4 Å². The number of hydrogen-bond acceptors (Lipinski definition) is 6. The van der Waals surface area contributed by atoms with Gasteiger partial charge in [-0.1, -0.05) is 0 Å². The molecule has 6 heteroatoms. The molecule has 78 valence electrons. The number of nitroso groups, excluding NO2 is 1. The van der Waals surface area contributed by atoms with Gasteiger partial charge in [-0.15, -0.1) is 16.2 Å². The molecule has 3 aromatic rings. The predicted molar refractivity (Wildman–Crippen MR) is 60.6 cm³/mol. The third-order valence-electron chi connectivity index (χ3n) is 2.08. The standard InChI is InChI=1S/C10H5N3O2S/c14-13-9-2-1-8(16-9)10-12-6-5-11-4-3-7(6)15-10/h1-5H. The van der Waals surface area contributed by atoms with Crippen molar-refractivity contribution in [2.75, 3.05) is 0 Å². The van der Waals surface area contributed by atoms with Crippen molar-refractivity contribution in [3.8, 4) is 10.8 Å². The summed E-state index contributed by atoms with van der Waals surface area (Å²) in [5.41, 5.74) is 1.38.